The molecule has 4 heterocycles. The number of halogens is 1. The summed E-state index contributed by atoms with van der Waals surface area (Å²) in [5.41, 5.74) is 0.802. The maximum atomic E-state index is 13.9. The molecule has 1 N–H and O–H groups in total. The van der Waals surface area contributed by atoms with E-state index in [1.54, 1.807) is 24.8 Å². The fourth-order valence-corrected chi connectivity index (χ4v) is 4.43. The van der Waals surface area contributed by atoms with Gasteiger partial charge in [-0.25, -0.2) is 14.4 Å². The highest BCUT2D eigenvalue weighted by molar-refractivity contribution is 5.39. The number of hydrogen-bond donors (Lipinski definition) is 1. The second kappa shape index (κ2) is 7.25. The number of pyridine rings is 1. The fraction of sp³-hybridized carbons (Fsp3) is 0.526. The van der Waals surface area contributed by atoms with E-state index in [4.69, 9.17) is 0 Å². The highest BCUT2D eigenvalue weighted by atomic mass is 19.1. The highest BCUT2D eigenvalue weighted by Gasteiger charge is 2.47. The molecule has 0 saturated carbocycles. The van der Waals surface area contributed by atoms with Crippen LogP contribution in [-0.2, 0) is 6.54 Å². The number of piperidine rings is 1. The van der Waals surface area contributed by atoms with Crippen LogP contribution in [-0.4, -0.2) is 57.7 Å². The molecule has 0 radical (unpaired) electrons. The SMILES string of the molecule is OCC1CN(c2ccncn2)CC12CCN(Cc1ccncc1F)CC2. The molecule has 4 rings (SSSR count). The normalized spacial score (nSPS) is 22.8. The summed E-state index contributed by atoms with van der Waals surface area (Å²) in [5.74, 6) is 0.936. The smallest absolute Gasteiger partial charge is 0.145 e. The average Bonchev–Trinajstić information content (AvgIpc) is 3.04. The van der Waals surface area contributed by atoms with E-state index in [2.05, 4.69) is 24.8 Å². The summed E-state index contributed by atoms with van der Waals surface area (Å²) >= 11 is 0. The maximum absolute atomic E-state index is 13.9. The summed E-state index contributed by atoms with van der Waals surface area (Å²) < 4.78 is 13.9. The summed E-state index contributed by atoms with van der Waals surface area (Å²) in [6, 6.07) is 3.68. The molecule has 1 spiro atoms. The number of aliphatic hydroxyl groups is 1. The highest BCUT2D eigenvalue weighted by Crippen LogP contribution is 2.45. The molecule has 2 aromatic rings. The van der Waals surface area contributed by atoms with Gasteiger partial charge in [-0.15, -0.1) is 0 Å². The van der Waals surface area contributed by atoms with Crippen molar-refractivity contribution < 1.29 is 9.50 Å². The van der Waals surface area contributed by atoms with E-state index in [9.17, 15) is 9.50 Å². The van der Waals surface area contributed by atoms with Crippen molar-refractivity contribution in [1.82, 2.24) is 19.9 Å². The van der Waals surface area contributed by atoms with Crippen LogP contribution in [0.15, 0.2) is 37.1 Å². The quantitative estimate of drug-likeness (QED) is 0.899. The van der Waals surface area contributed by atoms with E-state index in [0.29, 0.717) is 12.1 Å². The molecule has 2 fully saturated rings. The first-order valence-electron chi connectivity index (χ1n) is 9.13. The third kappa shape index (κ3) is 3.29. The number of aliphatic hydroxyl groups excluding tert-OH is 1. The van der Waals surface area contributed by atoms with Crippen molar-refractivity contribution in [3.63, 3.8) is 0 Å². The zero-order valence-corrected chi connectivity index (χ0v) is 14.8. The van der Waals surface area contributed by atoms with E-state index in [0.717, 1.165) is 44.8 Å². The lowest BCUT2D eigenvalue weighted by Gasteiger charge is -2.42. The van der Waals surface area contributed by atoms with E-state index in [1.807, 2.05) is 6.07 Å². The van der Waals surface area contributed by atoms with Gasteiger partial charge < -0.3 is 10.0 Å². The number of hydrogen-bond acceptors (Lipinski definition) is 6. The average molecular weight is 357 g/mol. The molecule has 2 saturated heterocycles. The zero-order chi connectivity index (χ0) is 18.0. The maximum Gasteiger partial charge on any atom is 0.145 e. The van der Waals surface area contributed by atoms with Gasteiger partial charge in [-0.2, -0.15) is 0 Å². The lowest BCUT2D eigenvalue weighted by Crippen LogP contribution is -2.44. The molecule has 6 nitrogen and oxygen atoms in total. The zero-order valence-electron chi connectivity index (χ0n) is 14.8. The summed E-state index contributed by atoms with van der Waals surface area (Å²) in [7, 11) is 0. The topological polar surface area (TPSA) is 65.4 Å². The van der Waals surface area contributed by atoms with Gasteiger partial charge in [0.25, 0.3) is 0 Å². The van der Waals surface area contributed by atoms with Gasteiger partial charge in [-0.05, 0) is 43.5 Å². The first kappa shape index (κ1) is 17.3. The summed E-state index contributed by atoms with van der Waals surface area (Å²) in [6.07, 6.45) is 8.26. The molecule has 2 aliphatic heterocycles. The molecule has 2 aromatic heterocycles. The van der Waals surface area contributed by atoms with E-state index < -0.39 is 0 Å². The van der Waals surface area contributed by atoms with Crippen LogP contribution in [0.5, 0.6) is 0 Å². The lowest BCUT2D eigenvalue weighted by molar-refractivity contribution is 0.0503. The number of aromatic nitrogens is 3. The van der Waals surface area contributed by atoms with Crippen molar-refractivity contribution in [1.29, 1.82) is 0 Å². The number of likely N-dealkylation sites (tertiary alicyclic amines) is 1. The van der Waals surface area contributed by atoms with E-state index >= 15 is 0 Å². The third-order valence-corrected chi connectivity index (χ3v) is 6.03. The minimum atomic E-state index is -0.239. The van der Waals surface area contributed by atoms with Crippen LogP contribution in [0.2, 0.25) is 0 Å². The van der Waals surface area contributed by atoms with Crippen molar-refractivity contribution in [3.05, 3.63) is 48.4 Å². The molecule has 2 aliphatic rings. The van der Waals surface area contributed by atoms with E-state index in [1.165, 1.54) is 6.20 Å². The molecule has 0 amide bonds. The molecule has 138 valence electrons. The Labute approximate surface area is 152 Å². The van der Waals surface area contributed by atoms with Gasteiger partial charge in [0.1, 0.15) is 18.0 Å². The lowest BCUT2D eigenvalue weighted by atomic mass is 9.71. The Kier molecular flexibility index (Phi) is 4.82. The fourth-order valence-electron chi connectivity index (χ4n) is 4.43. The summed E-state index contributed by atoms with van der Waals surface area (Å²) in [4.78, 5) is 16.7. The van der Waals surface area contributed by atoms with Gasteiger partial charge in [-0.1, -0.05) is 0 Å². The Bertz CT molecular complexity index is 736. The van der Waals surface area contributed by atoms with Crippen molar-refractivity contribution in [2.45, 2.75) is 19.4 Å². The first-order chi connectivity index (χ1) is 12.7. The molecular formula is C19H24FN5O. The van der Waals surface area contributed by atoms with Crippen LogP contribution in [0, 0.1) is 17.2 Å². The molecule has 0 aliphatic carbocycles. The van der Waals surface area contributed by atoms with Gasteiger partial charge in [-0.3, -0.25) is 9.88 Å². The van der Waals surface area contributed by atoms with Crippen molar-refractivity contribution in [2.75, 3.05) is 37.7 Å². The van der Waals surface area contributed by atoms with E-state index in [-0.39, 0.29) is 23.8 Å². The molecule has 26 heavy (non-hydrogen) atoms. The van der Waals surface area contributed by atoms with Crippen molar-refractivity contribution in [2.24, 2.45) is 11.3 Å². The van der Waals surface area contributed by atoms with Crippen LogP contribution in [0.1, 0.15) is 18.4 Å². The molecule has 7 heteroatoms. The standard InChI is InChI=1S/C19H24FN5O/c20-17-9-21-5-1-15(17)10-24-7-3-19(4-8-24)13-25(11-16(19)12-26)18-2-6-22-14-23-18/h1-2,5-6,9,14,16,26H,3-4,7-8,10-13H2. The Morgan fingerprint density at radius 1 is 1.19 bits per heavy atom. The second-order valence-electron chi connectivity index (χ2n) is 7.43. The predicted octanol–water partition coefficient (Wildman–Crippen LogP) is 1.72. The number of anilines is 1. The Morgan fingerprint density at radius 3 is 2.69 bits per heavy atom. The molecule has 0 aromatic carbocycles. The van der Waals surface area contributed by atoms with Crippen LogP contribution in [0.3, 0.4) is 0 Å². The van der Waals surface area contributed by atoms with Gasteiger partial charge in [0.15, 0.2) is 0 Å². The van der Waals surface area contributed by atoms with Gasteiger partial charge in [0.2, 0.25) is 0 Å². The minimum absolute atomic E-state index is 0.104. The second-order valence-corrected chi connectivity index (χ2v) is 7.43. The van der Waals surface area contributed by atoms with Gasteiger partial charge in [0.05, 0.1) is 6.20 Å². The molecule has 0 bridgehead atoms. The molecular weight excluding hydrogens is 333 g/mol. The summed E-state index contributed by atoms with van der Waals surface area (Å²) in [6.45, 7) is 4.37. The monoisotopic (exact) mass is 357 g/mol. The van der Waals surface area contributed by atoms with Crippen LogP contribution >= 0.6 is 0 Å². The Morgan fingerprint density at radius 2 is 2.00 bits per heavy atom. The van der Waals surface area contributed by atoms with Crippen molar-refractivity contribution in [3.8, 4) is 0 Å². The molecule has 1 unspecified atom stereocenters. The van der Waals surface area contributed by atoms with Crippen LogP contribution < -0.4 is 4.90 Å². The molecule has 1 atom stereocenters. The van der Waals surface area contributed by atoms with Crippen LogP contribution in [0.4, 0.5) is 10.2 Å². The van der Waals surface area contributed by atoms with Gasteiger partial charge >= 0.3 is 0 Å². The largest absolute Gasteiger partial charge is 0.396 e. The number of nitrogens with zero attached hydrogens (tertiary/aromatic N) is 5. The number of rotatable bonds is 4. The Hall–Kier alpha value is -2.12. The van der Waals surface area contributed by atoms with Crippen LogP contribution in [0.25, 0.3) is 0 Å². The minimum Gasteiger partial charge on any atom is -0.396 e. The van der Waals surface area contributed by atoms with Crippen molar-refractivity contribution >= 4 is 5.82 Å². The predicted molar refractivity (Wildman–Crippen MR) is 96.0 cm³/mol. The third-order valence-electron chi connectivity index (χ3n) is 6.03. The first-order valence-corrected chi connectivity index (χ1v) is 9.13. The summed E-state index contributed by atoms with van der Waals surface area (Å²) in [5, 5.41) is 9.96. The van der Waals surface area contributed by atoms with Gasteiger partial charge in [0, 0.05) is 50.1 Å². The Balaban J connectivity index is 1.43.